The summed E-state index contributed by atoms with van der Waals surface area (Å²) in [5.74, 6) is -0.625. The van der Waals surface area contributed by atoms with E-state index in [1.807, 2.05) is 0 Å². The largest absolute Gasteiger partial charge is 0.478 e. The zero-order valence-corrected chi connectivity index (χ0v) is 12.5. The Bertz CT molecular complexity index is 541. The molecule has 0 bridgehead atoms. The lowest BCUT2D eigenvalue weighted by Gasteiger charge is -2.38. The Morgan fingerprint density at radius 1 is 1.33 bits per heavy atom. The summed E-state index contributed by atoms with van der Waals surface area (Å²) in [6, 6.07) is 6.26. The van der Waals surface area contributed by atoms with Crippen molar-refractivity contribution in [2.24, 2.45) is 11.7 Å². The number of likely N-dealkylation sites (N-methyl/N-ethyl adjacent to an activating group) is 1. The molecule has 114 valence electrons. The van der Waals surface area contributed by atoms with Crippen LogP contribution in [0.4, 0.5) is 5.69 Å². The van der Waals surface area contributed by atoms with Gasteiger partial charge in [0.1, 0.15) is 0 Å². The fraction of sp³-hybridized carbons (Fsp3) is 0.500. The predicted octanol–water partition coefficient (Wildman–Crippen LogP) is 2.26. The molecule has 3 N–H and O–H groups in total. The van der Waals surface area contributed by atoms with Crippen LogP contribution in [0.5, 0.6) is 0 Å². The van der Waals surface area contributed by atoms with Crippen molar-refractivity contribution in [1.29, 1.82) is 0 Å². The van der Waals surface area contributed by atoms with Gasteiger partial charge in [-0.05, 0) is 43.0 Å². The van der Waals surface area contributed by atoms with E-state index in [1.54, 1.807) is 19.2 Å². The third kappa shape index (κ3) is 3.24. The highest BCUT2D eigenvalue weighted by Crippen LogP contribution is 2.32. The molecule has 1 aliphatic rings. The maximum Gasteiger partial charge on any atom is 0.335 e. The molecule has 2 atom stereocenters. The Kier molecular flexibility index (Phi) is 4.32. The van der Waals surface area contributed by atoms with Gasteiger partial charge in [-0.15, -0.1) is 0 Å². The Hall–Kier alpha value is -1.88. The molecule has 1 amide bonds. The molecule has 0 heterocycles. The second kappa shape index (κ2) is 5.85. The van der Waals surface area contributed by atoms with Crippen molar-refractivity contribution in [3.8, 4) is 0 Å². The number of carboxylic acids is 1. The van der Waals surface area contributed by atoms with Gasteiger partial charge in [-0.25, -0.2) is 4.79 Å². The van der Waals surface area contributed by atoms with E-state index in [-0.39, 0.29) is 11.5 Å². The van der Waals surface area contributed by atoms with E-state index in [9.17, 15) is 9.59 Å². The normalized spacial score (nSPS) is 25.4. The Labute approximate surface area is 124 Å². The van der Waals surface area contributed by atoms with Gasteiger partial charge < -0.3 is 15.7 Å². The third-order valence-electron chi connectivity index (χ3n) is 4.26. The van der Waals surface area contributed by atoms with Gasteiger partial charge in [0.15, 0.2) is 0 Å². The van der Waals surface area contributed by atoms with Gasteiger partial charge in [-0.1, -0.05) is 19.8 Å². The minimum atomic E-state index is -0.980. The molecular formula is C16H22N2O3. The highest BCUT2D eigenvalue weighted by molar-refractivity contribution is 6.00. The van der Waals surface area contributed by atoms with E-state index >= 15 is 0 Å². The lowest BCUT2D eigenvalue weighted by Crippen LogP contribution is -2.56. The smallest absolute Gasteiger partial charge is 0.335 e. The molecule has 0 aromatic heterocycles. The zero-order valence-electron chi connectivity index (χ0n) is 12.5. The molecule has 2 unspecified atom stereocenters. The van der Waals surface area contributed by atoms with Gasteiger partial charge in [-0.3, -0.25) is 4.79 Å². The summed E-state index contributed by atoms with van der Waals surface area (Å²) in [7, 11) is 1.69. The predicted molar refractivity (Wildman–Crippen MR) is 81.4 cm³/mol. The summed E-state index contributed by atoms with van der Waals surface area (Å²) >= 11 is 0. The van der Waals surface area contributed by atoms with Crippen LogP contribution in [-0.2, 0) is 4.79 Å². The number of aromatic carboxylic acids is 1. The minimum Gasteiger partial charge on any atom is -0.478 e. The number of hydrogen-bond donors (Lipinski definition) is 2. The lowest BCUT2D eigenvalue weighted by atomic mass is 9.76. The van der Waals surface area contributed by atoms with Crippen LogP contribution in [0.15, 0.2) is 24.3 Å². The Morgan fingerprint density at radius 3 is 2.48 bits per heavy atom. The summed E-state index contributed by atoms with van der Waals surface area (Å²) in [6.07, 6.45) is 3.48. The molecule has 0 radical (unpaired) electrons. The van der Waals surface area contributed by atoms with Crippen LogP contribution in [-0.4, -0.2) is 29.6 Å². The van der Waals surface area contributed by atoms with Gasteiger partial charge in [0.05, 0.1) is 11.1 Å². The highest BCUT2D eigenvalue weighted by Gasteiger charge is 2.40. The Morgan fingerprint density at radius 2 is 1.95 bits per heavy atom. The number of hydrogen-bond acceptors (Lipinski definition) is 3. The fourth-order valence-corrected chi connectivity index (χ4v) is 3.07. The molecule has 2 rings (SSSR count). The molecule has 5 heteroatoms. The molecule has 0 spiro atoms. The second-order valence-electron chi connectivity index (χ2n) is 6.07. The van der Waals surface area contributed by atoms with E-state index in [1.165, 1.54) is 17.0 Å². The number of nitrogens with two attached hydrogens (primary N) is 1. The standard InChI is InChI=1S/C16H22N2O3/c1-11-4-3-9-16(17,10-11)15(21)18(2)13-7-5-12(6-8-13)14(19)20/h5-8,11H,3-4,9-10,17H2,1-2H3,(H,19,20). The van der Waals surface area contributed by atoms with Gasteiger partial charge in [-0.2, -0.15) is 0 Å². The third-order valence-corrected chi connectivity index (χ3v) is 4.26. The van der Waals surface area contributed by atoms with Crippen LogP contribution in [0, 0.1) is 5.92 Å². The van der Waals surface area contributed by atoms with Gasteiger partial charge in [0.2, 0.25) is 5.91 Å². The van der Waals surface area contributed by atoms with Crippen molar-refractivity contribution >= 4 is 17.6 Å². The van der Waals surface area contributed by atoms with E-state index < -0.39 is 11.5 Å². The molecule has 1 aromatic rings. The molecule has 1 aromatic carbocycles. The van der Waals surface area contributed by atoms with Gasteiger partial charge in [0.25, 0.3) is 0 Å². The molecule has 1 aliphatic carbocycles. The van der Waals surface area contributed by atoms with Crippen LogP contribution in [0.1, 0.15) is 43.0 Å². The number of rotatable bonds is 3. The topological polar surface area (TPSA) is 83.6 Å². The first-order chi connectivity index (χ1) is 9.83. The number of carboxylic acid groups (broad SMARTS) is 1. The SMILES string of the molecule is CC1CCCC(N)(C(=O)N(C)c2ccc(C(=O)O)cc2)C1. The minimum absolute atomic E-state index is 0.0999. The van der Waals surface area contributed by atoms with E-state index in [2.05, 4.69) is 6.92 Å². The molecule has 0 saturated heterocycles. The van der Waals surface area contributed by atoms with Crippen LogP contribution >= 0.6 is 0 Å². The van der Waals surface area contributed by atoms with Crippen molar-refractivity contribution in [2.75, 3.05) is 11.9 Å². The lowest BCUT2D eigenvalue weighted by molar-refractivity contribution is -0.125. The number of anilines is 1. The van der Waals surface area contributed by atoms with Crippen molar-refractivity contribution in [2.45, 2.75) is 38.1 Å². The number of nitrogens with zero attached hydrogens (tertiary/aromatic N) is 1. The molecule has 1 fully saturated rings. The van der Waals surface area contributed by atoms with Crippen molar-refractivity contribution in [1.82, 2.24) is 0 Å². The average molecular weight is 290 g/mol. The van der Waals surface area contributed by atoms with E-state index in [4.69, 9.17) is 10.8 Å². The highest BCUT2D eigenvalue weighted by atomic mass is 16.4. The first-order valence-electron chi connectivity index (χ1n) is 7.24. The molecule has 21 heavy (non-hydrogen) atoms. The maximum absolute atomic E-state index is 12.7. The zero-order chi connectivity index (χ0) is 15.6. The van der Waals surface area contributed by atoms with Crippen molar-refractivity contribution < 1.29 is 14.7 Å². The Balaban J connectivity index is 2.16. The summed E-state index contributed by atoms with van der Waals surface area (Å²) in [6.45, 7) is 2.12. The molecule has 1 saturated carbocycles. The molecular weight excluding hydrogens is 268 g/mol. The van der Waals surface area contributed by atoms with E-state index in [0.29, 0.717) is 24.4 Å². The first-order valence-corrected chi connectivity index (χ1v) is 7.24. The first kappa shape index (κ1) is 15.5. The maximum atomic E-state index is 12.7. The molecule has 5 nitrogen and oxygen atoms in total. The van der Waals surface area contributed by atoms with Crippen LogP contribution in [0.25, 0.3) is 0 Å². The number of carbonyl (C=O) groups excluding carboxylic acids is 1. The van der Waals surface area contributed by atoms with Crippen molar-refractivity contribution in [3.63, 3.8) is 0 Å². The summed E-state index contributed by atoms with van der Waals surface area (Å²) in [5, 5.41) is 8.90. The van der Waals surface area contributed by atoms with Gasteiger partial charge in [0, 0.05) is 12.7 Å². The number of carbonyl (C=O) groups is 2. The summed E-state index contributed by atoms with van der Waals surface area (Å²) in [5.41, 5.74) is 6.38. The summed E-state index contributed by atoms with van der Waals surface area (Å²) in [4.78, 5) is 25.1. The molecule has 0 aliphatic heterocycles. The van der Waals surface area contributed by atoms with Crippen LogP contribution in [0.3, 0.4) is 0 Å². The average Bonchev–Trinajstić information content (AvgIpc) is 2.45. The van der Waals surface area contributed by atoms with Crippen molar-refractivity contribution in [3.05, 3.63) is 29.8 Å². The van der Waals surface area contributed by atoms with Crippen LogP contribution < -0.4 is 10.6 Å². The fourth-order valence-electron chi connectivity index (χ4n) is 3.07. The quantitative estimate of drug-likeness (QED) is 0.894. The number of benzene rings is 1. The second-order valence-corrected chi connectivity index (χ2v) is 6.07. The number of amides is 1. The van der Waals surface area contributed by atoms with Gasteiger partial charge >= 0.3 is 5.97 Å². The monoisotopic (exact) mass is 290 g/mol. The van der Waals surface area contributed by atoms with Crippen LogP contribution in [0.2, 0.25) is 0 Å². The van der Waals surface area contributed by atoms with E-state index in [0.717, 1.165) is 12.8 Å². The summed E-state index contributed by atoms with van der Waals surface area (Å²) < 4.78 is 0.